The molecule has 0 saturated carbocycles. The van der Waals surface area contributed by atoms with Crippen LogP contribution in [-0.2, 0) is 11.3 Å². The highest BCUT2D eigenvalue weighted by atomic mass is 16.5. The number of rotatable bonds is 9. The van der Waals surface area contributed by atoms with Crippen molar-refractivity contribution in [3.05, 3.63) is 28.8 Å². The molecule has 0 unspecified atom stereocenters. The molecule has 0 aliphatic carbocycles. The van der Waals surface area contributed by atoms with Crippen molar-refractivity contribution in [3.8, 4) is 11.5 Å². The van der Waals surface area contributed by atoms with Crippen LogP contribution in [0.1, 0.15) is 19.3 Å². The maximum atomic E-state index is 12.6. The molecule has 2 aromatic rings. The second-order valence-electron chi connectivity index (χ2n) is 5.56. The summed E-state index contributed by atoms with van der Waals surface area (Å²) in [7, 11) is 3.05. The van der Waals surface area contributed by atoms with E-state index < -0.39 is 0 Å². The summed E-state index contributed by atoms with van der Waals surface area (Å²) in [4.78, 5) is 28.6. The largest absolute Gasteiger partial charge is 0.493 e. The lowest BCUT2D eigenvalue weighted by molar-refractivity contribution is -0.121. The average molecular weight is 348 g/mol. The zero-order chi connectivity index (χ0) is 18.2. The second kappa shape index (κ2) is 9.03. The summed E-state index contributed by atoms with van der Waals surface area (Å²) >= 11 is 0. The van der Waals surface area contributed by atoms with Gasteiger partial charge in [-0.25, -0.2) is 4.98 Å². The second-order valence-corrected chi connectivity index (χ2v) is 5.56. The van der Waals surface area contributed by atoms with Crippen LogP contribution in [0.4, 0.5) is 0 Å². The number of ether oxygens (including phenoxy) is 2. The van der Waals surface area contributed by atoms with Crippen molar-refractivity contribution in [2.24, 2.45) is 5.73 Å². The van der Waals surface area contributed by atoms with Gasteiger partial charge in [-0.1, -0.05) is 0 Å². The van der Waals surface area contributed by atoms with E-state index in [0.29, 0.717) is 54.9 Å². The summed E-state index contributed by atoms with van der Waals surface area (Å²) in [5, 5.41) is 3.24. The van der Waals surface area contributed by atoms with Gasteiger partial charge < -0.3 is 20.5 Å². The Labute approximate surface area is 145 Å². The van der Waals surface area contributed by atoms with Gasteiger partial charge in [0, 0.05) is 25.6 Å². The summed E-state index contributed by atoms with van der Waals surface area (Å²) < 4.78 is 12.0. The van der Waals surface area contributed by atoms with Crippen molar-refractivity contribution in [2.75, 3.05) is 27.3 Å². The van der Waals surface area contributed by atoms with Gasteiger partial charge in [-0.15, -0.1) is 0 Å². The highest BCUT2D eigenvalue weighted by Gasteiger charge is 2.11. The Balaban J connectivity index is 2.08. The van der Waals surface area contributed by atoms with Crippen molar-refractivity contribution >= 4 is 16.8 Å². The lowest BCUT2D eigenvalue weighted by Crippen LogP contribution is -2.26. The monoisotopic (exact) mass is 348 g/mol. The van der Waals surface area contributed by atoms with Gasteiger partial charge in [0.2, 0.25) is 5.91 Å². The van der Waals surface area contributed by atoms with Crippen LogP contribution in [0.2, 0.25) is 0 Å². The van der Waals surface area contributed by atoms with Gasteiger partial charge in [-0.2, -0.15) is 0 Å². The molecule has 0 aliphatic heterocycles. The number of hydrogen-bond donors (Lipinski definition) is 2. The number of hydrogen-bond acceptors (Lipinski definition) is 6. The van der Waals surface area contributed by atoms with E-state index in [0.717, 1.165) is 6.42 Å². The zero-order valence-electron chi connectivity index (χ0n) is 14.6. The van der Waals surface area contributed by atoms with Crippen LogP contribution >= 0.6 is 0 Å². The lowest BCUT2D eigenvalue weighted by atomic mass is 10.2. The molecule has 0 saturated heterocycles. The number of aromatic nitrogens is 2. The number of nitrogens with one attached hydrogen (secondary N) is 1. The molecule has 1 aromatic carbocycles. The maximum absolute atomic E-state index is 12.6. The van der Waals surface area contributed by atoms with Gasteiger partial charge in [0.1, 0.15) is 0 Å². The Kier molecular flexibility index (Phi) is 6.76. The SMILES string of the molecule is COc1cc2ncn(CCCC(=O)NCCCN)c(=O)c2cc1OC. The highest BCUT2D eigenvalue weighted by molar-refractivity contribution is 5.81. The van der Waals surface area contributed by atoms with E-state index >= 15 is 0 Å². The molecule has 1 amide bonds. The molecule has 2 rings (SSSR count). The molecule has 0 bridgehead atoms. The molecule has 136 valence electrons. The van der Waals surface area contributed by atoms with Crippen molar-refractivity contribution in [2.45, 2.75) is 25.8 Å². The van der Waals surface area contributed by atoms with E-state index in [2.05, 4.69) is 10.3 Å². The van der Waals surface area contributed by atoms with Crippen LogP contribution in [0.3, 0.4) is 0 Å². The predicted molar refractivity (Wildman–Crippen MR) is 95.0 cm³/mol. The summed E-state index contributed by atoms with van der Waals surface area (Å²) in [6.07, 6.45) is 3.14. The van der Waals surface area contributed by atoms with E-state index in [-0.39, 0.29) is 11.5 Å². The number of fused-ring (bicyclic) bond motifs is 1. The summed E-state index contributed by atoms with van der Waals surface area (Å²) in [5.74, 6) is 0.960. The van der Waals surface area contributed by atoms with Crippen LogP contribution in [-0.4, -0.2) is 42.8 Å². The summed E-state index contributed by atoms with van der Waals surface area (Å²) in [6.45, 7) is 1.54. The highest BCUT2D eigenvalue weighted by Crippen LogP contribution is 2.29. The summed E-state index contributed by atoms with van der Waals surface area (Å²) in [5.41, 5.74) is 5.75. The third kappa shape index (κ3) is 4.69. The van der Waals surface area contributed by atoms with E-state index in [4.69, 9.17) is 15.2 Å². The van der Waals surface area contributed by atoms with Crippen LogP contribution in [0.15, 0.2) is 23.3 Å². The van der Waals surface area contributed by atoms with Gasteiger partial charge in [-0.05, 0) is 25.5 Å². The molecule has 3 N–H and O–H groups in total. The number of nitrogens with zero attached hydrogens (tertiary/aromatic N) is 2. The van der Waals surface area contributed by atoms with Crippen LogP contribution < -0.4 is 26.1 Å². The molecule has 8 nitrogen and oxygen atoms in total. The van der Waals surface area contributed by atoms with Crippen molar-refractivity contribution in [3.63, 3.8) is 0 Å². The zero-order valence-corrected chi connectivity index (χ0v) is 14.6. The van der Waals surface area contributed by atoms with E-state index in [9.17, 15) is 9.59 Å². The molecule has 0 spiro atoms. The minimum Gasteiger partial charge on any atom is -0.493 e. The predicted octanol–water partition coefficient (Wildman–Crippen LogP) is 0.659. The van der Waals surface area contributed by atoms with Gasteiger partial charge in [0.15, 0.2) is 11.5 Å². The van der Waals surface area contributed by atoms with Crippen molar-refractivity contribution in [1.82, 2.24) is 14.9 Å². The smallest absolute Gasteiger partial charge is 0.261 e. The van der Waals surface area contributed by atoms with Crippen molar-refractivity contribution < 1.29 is 14.3 Å². The van der Waals surface area contributed by atoms with E-state index in [1.807, 2.05) is 0 Å². The Hall–Kier alpha value is -2.61. The first kappa shape index (κ1) is 18.7. The Bertz CT molecular complexity index is 788. The Morgan fingerprint density at radius 3 is 2.64 bits per heavy atom. The Morgan fingerprint density at radius 1 is 1.24 bits per heavy atom. The standard InChI is InChI=1S/C17H24N4O4/c1-24-14-9-12-13(10-15(14)25-2)20-11-21(17(12)23)8-3-5-16(22)19-7-4-6-18/h9-11H,3-8,18H2,1-2H3,(H,19,22). The topological polar surface area (TPSA) is 108 Å². The fourth-order valence-corrected chi connectivity index (χ4v) is 2.47. The summed E-state index contributed by atoms with van der Waals surface area (Å²) in [6, 6.07) is 3.30. The van der Waals surface area contributed by atoms with Crippen LogP contribution in [0, 0.1) is 0 Å². The molecule has 0 radical (unpaired) electrons. The van der Waals surface area contributed by atoms with Crippen molar-refractivity contribution in [1.29, 1.82) is 0 Å². The first-order valence-corrected chi connectivity index (χ1v) is 8.18. The minimum atomic E-state index is -0.172. The number of nitrogens with two attached hydrogens (primary N) is 1. The molecule has 1 aromatic heterocycles. The number of benzene rings is 1. The normalized spacial score (nSPS) is 10.7. The fourth-order valence-electron chi connectivity index (χ4n) is 2.47. The van der Waals surface area contributed by atoms with Crippen LogP contribution in [0.5, 0.6) is 11.5 Å². The Morgan fingerprint density at radius 2 is 1.96 bits per heavy atom. The maximum Gasteiger partial charge on any atom is 0.261 e. The average Bonchev–Trinajstić information content (AvgIpc) is 2.63. The number of amides is 1. The lowest BCUT2D eigenvalue weighted by Gasteiger charge is -2.10. The van der Waals surface area contributed by atoms with Gasteiger partial charge in [0.05, 0.1) is 31.4 Å². The van der Waals surface area contributed by atoms with Gasteiger partial charge >= 0.3 is 0 Å². The van der Waals surface area contributed by atoms with E-state index in [1.54, 1.807) is 12.1 Å². The quantitative estimate of drug-likeness (QED) is 0.645. The molecule has 1 heterocycles. The number of methoxy groups -OCH3 is 2. The number of carbonyl (C=O) groups excluding carboxylic acids is 1. The van der Waals surface area contributed by atoms with Gasteiger partial charge in [-0.3, -0.25) is 14.2 Å². The molecule has 0 fully saturated rings. The molecular weight excluding hydrogens is 324 g/mol. The minimum absolute atomic E-state index is 0.0401. The molecule has 25 heavy (non-hydrogen) atoms. The van der Waals surface area contributed by atoms with Gasteiger partial charge in [0.25, 0.3) is 5.56 Å². The molecule has 0 atom stereocenters. The third-order valence-corrected chi connectivity index (χ3v) is 3.84. The van der Waals surface area contributed by atoms with Crippen LogP contribution in [0.25, 0.3) is 10.9 Å². The first-order chi connectivity index (χ1) is 12.1. The molecular formula is C17H24N4O4. The van der Waals surface area contributed by atoms with E-state index in [1.165, 1.54) is 25.1 Å². The number of carbonyl (C=O) groups is 1. The number of aryl methyl sites for hydroxylation is 1. The fraction of sp³-hybridized carbons (Fsp3) is 0.471. The molecule has 0 aliphatic rings. The third-order valence-electron chi connectivity index (χ3n) is 3.84. The molecule has 8 heteroatoms. The first-order valence-electron chi connectivity index (χ1n) is 8.18.